The first-order valence-corrected chi connectivity index (χ1v) is 5.96. The molecule has 68 valence electrons. The predicted molar refractivity (Wildman–Crippen MR) is 56.3 cm³/mol. The van der Waals surface area contributed by atoms with E-state index in [1.165, 1.54) is 31.0 Å². The van der Waals surface area contributed by atoms with Crippen molar-refractivity contribution in [2.75, 3.05) is 5.33 Å². The van der Waals surface area contributed by atoms with Gasteiger partial charge in [-0.25, -0.2) is 0 Å². The topological polar surface area (TPSA) is 0 Å². The summed E-state index contributed by atoms with van der Waals surface area (Å²) >= 11 is 3.56. The minimum Gasteiger partial charge on any atom is -0.0925 e. The van der Waals surface area contributed by atoms with Crippen molar-refractivity contribution < 1.29 is 0 Å². The van der Waals surface area contributed by atoms with Crippen molar-refractivity contribution in [3.05, 3.63) is 0 Å². The normalized spacial score (nSPS) is 13.9. The molecule has 1 unspecified atom stereocenters. The van der Waals surface area contributed by atoms with Gasteiger partial charge in [-0.2, -0.15) is 0 Å². The molecule has 0 radical (unpaired) electrons. The van der Waals surface area contributed by atoms with Crippen LogP contribution in [0.4, 0.5) is 0 Å². The van der Waals surface area contributed by atoms with Crippen molar-refractivity contribution in [2.45, 2.75) is 46.5 Å². The van der Waals surface area contributed by atoms with E-state index in [4.69, 9.17) is 0 Å². The van der Waals surface area contributed by atoms with Crippen LogP contribution < -0.4 is 0 Å². The molecule has 0 N–H and O–H groups in total. The Labute approximate surface area is 79.9 Å². The summed E-state index contributed by atoms with van der Waals surface area (Å²) in [6.07, 6.45) is 5.43. The molecular formula is C10H21Br. The minimum atomic E-state index is 0.903. The van der Waals surface area contributed by atoms with Crippen molar-refractivity contribution in [3.63, 3.8) is 0 Å². The fourth-order valence-electron chi connectivity index (χ4n) is 1.43. The first-order valence-electron chi connectivity index (χ1n) is 4.84. The average Bonchev–Trinajstić information content (AvgIpc) is 2.07. The van der Waals surface area contributed by atoms with Crippen LogP contribution in [0.25, 0.3) is 0 Å². The van der Waals surface area contributed by atoms with E-state index >= 15 is 0 Å². The SMILES string of the molecule is CCC(CC)CC(CC)CBr. The number of rotatable bonds is 6. The van der Waals surface area contributed by atoms with Crippen molar-refractivity contribution in [2.24, 2.45) is 11.8 Å². The molecule has 0 aromatic carbocycles. The van der Waals surface area contributed by atoms with Gasteiger partial charge in [0.2, 0.25) is 0 Å². The average molecular weight is 221 g/mol. The molecule has 0 bridgehead atoms. The summed E-state index contributed by atoms with van der Waals surface area (Å²) in [5.74, 6) is 1.86. The summed E-state index contributed by atoms with van der Waals surface area (Å²) in [6, 6.07) is 0. The van der Waals surface area contributed by atoms with E-state index in [0.717, 1.165) is 11.8 Å². The molecule has 1 atom stereocenters. The van der Waals surface area contributed by atoms with E-state index in [9.17, 15) is 0 Å². The molecule has 0 aromatic heterocycles. The molecule has 0 nitrogen and oxygen atoms in total. The van der Waals surface area contributed by atoms with Crippen LogP contribution in [-0.2, 0) is 0 Å². The Morgan fingerprint density at radius 1 is 0.909 bits per heavy atom. The zero-order valence-corrected chi connectivity index (χ0v) is 9.65. The highest BCUT2D eigenvalue weighted by molar-refractivity contribution is 9.09. The second-order valence-corrected chi connectivity index (χ2v) is 3.99. The summed E-state index contributed by atoms with van der Waals surface area (Å²) in [5.41, 5.74) is 0. The predicted octanol–water partition coefficient (Wildman–Crippen LogP) is 4.23. The summed E-state index contributed by atoms with van der Waals surface area (Å²) in [7, 11) is 0. The minimum absolute atomic E-state index is 0.903. The highest BCUT2D eigenvalue weighted by Gasteiger charge is 2.10. The summed E-state index contributed by atoms with van der Waals surface area (Å²) < 4.78 is 0. The van der Waals surface area contributed by atoms with Gasteiger partial charge in [-0.15, -0.1) is 0 Å². The lowest BCUT2D eigenvalue weighted by Crippen LogP contribution is -2.08. The smallest absolute Gasteiger partial charge is 0.00596 e. The van der Waals surface area contributed by atoms with Crippen LogP contribution in [-0.4, -0.2) is 5.33 Å². The molecule has 0 saturated heterocycles. The largest absolute Gasteiger partial charge is 0.0925 e. The maximum Gasteiger partial charge on any atom is 0.00596 e. The molecule has 0 fully saturated rings. The molecule has 0 aromatic rings. The van der Waals surface area contributed by atoms with E-state index in [0.29, 0.717) is 0 Å². The fourth-order valence-corrected chi connectivity index (χ4v) is 2.15. The summed E-state index contributed by atoms with van der Waals surface area (Å²) in [4.78, 5) is 0. The third-order valence-electron chi connectivity index (χ3n) is 2.62. The molecule has 0 spiro atoms. The Morgan fingerprint density at radius 3 is 1.64 bits per heavy atom. The van der Waals surface area contributed by atoms with Gasteiger partial charge in [0, 0.05) is 5.33 Å². The molecular weight excluding hydrogens is 200 g/mol. The monoisotopic (exact) mass is 220 g/mol. The standard InChI is InChI=1S/C10H21Br/c1-4-9(5-2)7-10(6-3)8-11/h9-10H,4-8H2,1-3H3. The molecule has 1 heteroatoms. The van der Waals surface area contributed by atoms with Gasteiger partial charge < -0.3 is 0 Å². The Balaban J connectivity index is 3.58. The van der Waals surface area contributed by atoms with E-state index in [1.54, 1.807) is 0 Å². The van der Waals surface area contributed by atoms with Crippen LogP contribution >= 0.6 is 15.9 Å². The van der Waals surface area contributed by atoms with E-state index in [-0.39, 0.29) is 0 Å². The van der Waals surface area contributed by atoms with Gasteiger partial charge in [0.15, 0.2) is 0 Å². The molecule has 0 heterocycles. The Morgan fingerprint density at radius 2 is 1.36 bits per heavy atom. The summed E-state index contributed by atoms with van der Waals surface area (Å²) in [5, 5.41) is 1.18. The zero-order chi connectivity index (χ0) is 8.69. The third-order valence-corrected chi connectivity index (χ3v) is 3.53. The zero-order valence-electron chi connectivity index (χ0n) is 8.07. The van der Waals surface area contributed by atoms with Crippen LogP contribution in [0.1, 0.15) is 46.5 Å². The Hall–Kier alpha value is 0.480. The molecule has 0 aliphatic rings. The van der Waals surface area contributed by atoms with Crippen LogP contribution in [0.15, 0.2) is 0 Å². The van der Waals surface area contributed by atoms with Gasteiger partial charge >= 0.3 is 0 Å². The van der Waals surface area contributed by atoms with E-state index in [1.807, 2.05) is 0 Å². The fraction of sp³-hybridized carbons (Fsp3) is 1.00. The van der Waals surface area contributed by atoms with E-state index in [2.05, 4.69) is 36.7 Å². The van der Waals surface area contributed by atoms with Crippen LogP contribution in [0.5, 0.6) is 0 Å². The number of hydrogen-bond acceptors (Lipinski definition) is 0. The van der Waals surface area contributed by atoms with Gasteiger partial charge in [0.25, 0.3) is 0 Å². The second-order valence-electron chi connectivity index (χ2n) is 3.35. The summed E-state index contributed by atoms with van der Waals surface area (Å²) in [6.45, 7) is 6.89. The van der Waals surface area contributed by atoms with Crippen LogP contribution in [0.2, 0.25) is 0 Å². The van der Waals surface area contributed by atoms with Gasteiger partial charge in [-0.05, 0) is 18.3 Å². The molecule has 0 amide bonds. The number of alkyl halides is 1. The quantitative estimate of drug-likeness (QED) is 0.588. The van der Waals surface area contributed by atoms with Gasteiger partial charge in [-0.3, -0.25) is 0 Å². The Kier molecular flexibility index (Phi) is 7.46. The lowest BCUT2D eigenvalue weighted by atomic mass is 9.90. The molecule has 0 saturated carbocycles. The first kappa shape index (κ1) is 11.5. The lowest BCUT2D eigenvalue weighted by Gasteiger charge is -2.18. The van der Waals surface area contributed by atoms with E-state index < -0.39 is 0 Å². The Bertz CT molecular complexity index is 62.9. The highest BCUT2D eigenvalue weighted by atomic mass is 79.9. The molecule has 0 rings (SSSR count). The van der Waals surface area contributed by atoms with Gasteiger partial charge in [-0.1, -0.05) is 56.0 Å². The maximum absolute atomic E-state index is 3.56. The lowest BCUT2D eigenvalue weighted by molar-refractivity contribution is 0.370. The molecule has 0 aliphatic carbocycles. The second kappa shape index (κ2) is 7.15. The number of hydrogen-bond donors (Lipinski definition) is 0. The van der Waals surface area contributed by atoms with Gasteiger partial charge in [0.05, 0.1) is 0 Å². The third kappa shape index (κ3) is 4.84. The van der Waals surface area contributed by atoms with Crippen molar-refractivity contribution in [1.29, 1.82) is 0 Å². The molecule has 11 heavy (non-hydrogen) atoms. The first-order chi connectivity index (χ1) is 5.28. The molecule has 0 aliphatic heterocycles. The highest BCUT2D eigenvalue weighted by Crippen LogP contribution is 2.22. The maximum atomic E-state index is 3.56. The van der Waals surface area contributed by atoms with Crippen molar-refractivity contribution >= 4 is 15.9 Å². The van der Waals surface area contributed by atoms with Crippen molar-refractivity contribution in [1.82, 2.24) is 0 Å². The van der Waals surface area contributed by atoms with Crippen molar-refractivity contribution in [3.8, 4) is 0 Å². The van der Waals surface area contributed by atoms with Crippen LogP contribution in [0.3, 0.4) is 0 Å². The van der Waals surface area contributed by atoms with Gasteiger partial charge in [0.1, 0.15) is 0 Å². The van der Waals surface area contributed by atoms with Crippen LogP contribution in [0, 0.1) is 11.8 Å². The number of halogens is 1.